The molecule has 0 aromatic heterocycles. The van der Waals surface area contributed by atoms with E-state index in [1.54, 1.807) is 0 Å². The van der Waals surface area contributed by atoms with Crippen LogP contribution in [0.5, 0.6) is 0 Å². The Hall–Kier alpha value is -1.08. The monoisotopic (exact) mass is 400 g/mol. The molecule has 0 aliphatic heterocycles. The van der Waals surface area contributed by atoms with Gasteiger partial charge in [-0.3, -0.25) is 0 Å². The van der Waals surface area contributed by atoms with Crippen molar-refractivity contribution in [1.82, 2.24) is 0 Å². The Kier molecular flexibility index (Phi) is 5.32. The summed E-state index contributed by atoms with van der Waals surface area (Å²) in [4.78, 5) is 0. The maximum absolute atomic E-state index is 3.78. The number of hydrogen-bond donors (Lipinski definition) is 0. The molecule has 1 heteroatoms. The van der Waals surface area contributed by atoms with E-state index < -0.39 is 0 Å². The fourth-order valence-electron chi connectivity index (χ4n) is 2.86. The van der Waals surface area contributed by atoms with Gasteiger partial charge in [0.15, 0.2) is 0 Å². The zero-order valence-corrected chi connectivity index (χ0v) is 18.9. The molecule has 0 saturated carbocycles. The van der Waals surface area contributed by atoms with E-state index in [1.165, 1.54) is 27.8 Å². The van der Waals surface area contributed by atoms with Gasteiger partial charge in [0.05, 0.1) is 0 Å². The Labute approximate surface area is 163 Å². The minimum absolute atomic E-state index is 0.129. The van der Waals surface area contributed by atoms with Crippen molar-refractivity contribution in [3.05, 3.63) is 57.6 Å². The average molecular weight is 401 g/mol. The van der Waals surface area contributed by atoms with E-state index in [9.17, 15) is 0 Å². The summed E-state index contributed by atoms with van der Waals surface area (Å²) in [6.45, 7) is 20.6. The lowest BCUT2D eigenvalue weighted by Crippen LogP contribution is -2.16. The summed E-state index contributed by atoms with van der Waals surface area (Å²) in [7, 11) is 0. The van der Waals surface area contributed by atoms with Crippen LogP contribution in [0.1, 0.15) is 79.0 Å². The molecule has 0 bridgehead atoms. The minimum atomic E-state index is 0.129. The largest absolute Gasteiger partial charge is 0.0573 e. The molecular formula is C24H33Br. The van der Waals surface area contributed by atoms with E-state index in [-0.39, 0.29) is 16.2 Å². The van der Waals surface area contributed by atoms with E-state index >= 15 is 0 Å². The second-order valence-electron chi connectivity index (χ2n) is 10.2. The van der Waals surface area contributed by atoms with Crippen molar-refractivity contribution in [3.63, 3.8) is 0 Å². The van der Waals surface area contributed by atoms with Crippen molar-refractivity contribution >= 4 is 15.9 Å². The van der Waals surface area contributed by atoms with E-state index in [1.807, 2.05) is 0 Å². The van der Waals surface area contributed by atoms with Crippen molar-refractivity contribution in [2.45, 2.75) is 78.6 Å². The molecule has 2 rings (SSSR count). The summed E-state index contributed by atoms with van der Waals surface area (Å²) in [5.41, 5.74) is 7.13. The normalized spacial score (nSPS) is 13.2. The van der Waals surface area contributed by atoms with Crippen LogP contribution < -0.4 is 0 Å². The molecule has 0 atom stereocenters. The molecule has 2 aromatic rings. The van der Waals surface area contributed by atoms with Gasteiger partial charge in [0.2, 0.25) is 0 Å². The highest BCUT2D eigenvalue weighted by Gasteiger charge is 2.22. The van der Waals surface area contributed by atoms with Gasteiger partial charge in [-0.2, -0.15) is 0 Å². The van der Waals surface area contributed by atoms with Crippen LogP contribution >= 0.6 is 15.9 Å². The topological polar surface area (TPSA) is 0 Å². The van der Waals surface area contributed by atoms with Crippen molar-refractivity contribution in [2.24, 2.45) is 0 Å². The van der Waals surface area contributed by atoms with Gasteiger partial charge in [-0.1, -0.05) is 103 Å². The highest BCUT2D eigenvalue weighted by Crippen LogP contribution is 2.38. The van der Waals surface area contributed by atoms with Gasteiger partial charge in [-0.15, -0.1) is 0 Å². The van der Waals surface area contributed by atoms with E-state index in [0.29, 0.717) is 0 Å². The lowest BCUT2D eigenvalue weighted by atomic mass is 9.78. The molecule has 0 N–H and O–H groups in total. The van der Waals surface area contributed by atoms with Crippen LogP contribution in [0, 0.1) is 0 Å². The van der Waals surface area contributed by atoms with Gasteiger partial charge in [-0.25, -0.2) is 0 Å². The standard InChI is InChI=1S/C24H33Br/c1-22(2,3)17-10-11-21(25)20(15-17)16-12-18(23(4,5)6)14-19(13-16)24(7,8)9/h10-15H,1-9H3. The first-order valence-electron chi connectivity index (χ1n) is 9.16. The SMILES string of the molecule is CC(C)(C)c1cc(-c2cc(C(C)(C)C)ccc2Br)cc(C(C)(C)C)c1. The highest BCUT2D eigenvalue weighted by atomic mass is 79.9. The van der Waals surface area contributed by atoms with Gasteiger partial charge in [0.25, 0.3) is 0 Å². The average Bonchev–Trinajstić information content (AvgIpc) is 2.44. The van der Waals surface area contributed by atoms with Crippen molar-refractivity contribution < 1.29 is 0 Å². The zero-order chi connectivity index (χ0) is 19.2. The molecule has 0 radical (unpaired) electrons. The van der Waals surface area contributed by atoms with E-state index in [0.717, 1.165) is 4.47 Å². The molecule has 0 fully saturated rings. The van der Waals surface area contributed by atoms with Crippen molar-refractivity contribution in [1.29, 1.82) is 0 Å². The first kappa shape index (κ1) is 20.2. The molecule has 25 heavy (non-hydrogen) atoms. The number of benzene rings is 2. The smallest absolute Gasteiger partial charge is 0.0253 e. The predicted molar refractivity (Wildman–Crippen MR) is 116 cm³/mol. The Bertz CT molecular complexity index is 730. The van der Waals surface area contributed by atoms with Gasteiger partial charge in [-0.05, 0) is 56.2 Å². The molecular weight excluding hydrogens is 368 g/mol. The second-order valence-corrected chi connectivity index (χ2v) is 11.1. The summed E-state index contributed by atoms with van der Waals surface area (Å²) in [5, 5.41) is 0. The molecule has 0 amide bonds. The summed E-state index contributed by atoms with van der Waals surface area (Å²) < 4.78 is 1.16. The Morgan fingerprint density at radius 3 is 1.40 bits per heavy atom. The number of hydrogen-bond acceptors (Lipinski definition) is 0. The maximum atomic E-state index is 3.78. The molecule has 0 heterocycles. The third-order valence-corrected chi connectivity index (χ3v) is 5.50. The lowest BCUT2D eigenvalue weighted by Gasteiger charge is -2.27. The van der Waals surface area contributed by atoms with Crippen LogP contribution in [0.4, 0.5) is 0 Å². The van der Waals surface area contributed by atoms with E-state index in [2.05, 4.69) is 115 Å². The first-order valence-corrected chi connectivity index (χ1v) is 9.95. The van der Waals surface area contributed by atoms with Crippen LogP contribution in [0.2, 0.25) is 0 Å². The fourth-order valence-corrected chi connectivity index (χ4v) is 3.34. The van der Waals surface area contributed by atoms with Crippen LogP contribution in [0.15, 0.2) is 40.9 Å². The van der Waals surface area contributed by atoms with Crippen molar-refractivity contribution in [2.75, 3.05) is 0 Å². The van der Waals surface area contributed by atoms with Crippen LogP contribution in [0.25, 0.3) is 11.1 Å². The van der Waals surface area contributed by atoms with Gasteiger partial charge >= 0.3 is 0 Å². The minimum Gasteiger partial charge on any atom is -0.0573 e. The highest BCUT2D eigenvalue weighted by molar-refractivity contribution is 9.10. The Morgan fingerprint density at radius 1 is 0.560 bits per heavy atom. The fraction of sp³-hybridized carbons (Fsp3) is 0.500. The molecule has 0 nitrogen and oxygen atoms in total. The third-order valence-electron chi connectivity index (χ3n) is 4.81. The summed E-state index contributed by atoms with van der Waals surface area (Å²) in [6, 6.07) is 13.9. The van der Waals surface area contributed by atoms with Crippen molar-refractivity contribution in [3.8, 4) is 11.1 Å². The number of halogens is 1. The molecule has 0 saturated heterocycles. The summed E-state index contributed by atoms with van der Waals surface area (Å²) >= 11 is 3.78. The molecule has 0 unspecified atom stereocenters. The Morgan fingerprint density at radius 2 is 1.00 bits per heavy atom. The zero-order valence-electron chi connectivity index (χ0n) is 17.3. The van der Waals surface area contributed by atoms with E-state index in [4.69, 9.17) is 0 Å². The second kappa shape index (κ2) is 6.58. The summed E-state index contributed by atoms with van der Waals surface area (Å²) in [6.07, 6.45) is 0. The molecule has 0 aliphatic carbocycles. The van der Waals surface area contributed by atoms with Crippen LogP contribution in [-0.4, -0.2) is 0 Å². The quantitative estimate of drug-likeness (QED) is 0.454. The Balaban J connectivity index is 2.75. The molecule has 0 spiro atoms. The van der Waals surface area contributed by atoms with Gasteiger partial charge in [0.1, 0.15) is 0 Å². The van der Waals surface area contributed by atoms with Gasteiger partial charge < -0.3 is 0 Å². The third kappa shape index (κ3) is 4.76. The predicted octanol–water partition coefficient (Wildman–Crippen LogP) is 8.01. The van der Waals surface area contributed by atoms with Gasteiger partial charge in [0, 0.05) is 4.47 Å². The molecule has 2 aromatic carbocycles. The molecule has 0 aliphatic rings. The lowest BCUT2D eigenvalue weighted by molar-refractivity contribution is 0.569. The van der Waals surface area contributed by atoms with Crippen LogP contribution in [0.3, 0.4) is 0 Å². The summed E-state index contributed by atoms with van der Waals surface area (Å²) in [5.74, 6) is 0. The first-order chi connectivity index (χ1) is 11.2. The number of rotatable bonds is 1. The maximum Gasteiger partial charge on any atom is 0.0253 e. The molecule has 136 valence electrons. The van der Waals surface area contributed by atoms with Crippen LogP contribution in [-0.2, 0) is 16.2 Å².